The molecule has 0 radical (unpaired) electrons. The van der Waals surface area contributed by atoms with Crippen molar-refractivity contribution in [1.29, 1.82) is 0 Å². The van der Waals surface area contributed by atoms with E-state index in [-0.39, 0.29) is 0 Å². The van der Waals surface area contributed by atoms with E-state index in [4.69, 9.17) is 4.74 Å². The van der Waals surface area contributed by atoms with Crippen molar-refractivity contribution in [3.8, 4) is 0 Å². The highest BCUT2D eigenvalue weighted by molar-refractivity contribution is 4.83. The SMILES string of the molecule is CC(C)OC1CCCN(C(C)(C)C)C1. The molecular formula is C12H25NO. The summed E-state index contributed by atoms with van der Waals surface area (Å²) in [5.74, 6) is 0. The molecule has 1 heterocycles. The van der Waals surface area contributed by atoms with E-state index in [9.17, 15) is 0 Å². The van der Waals surface area contributed by atoms with Crippen LogP contribution in [0.5, 0.6) is 0 Å². The van der Waals surface area contributed by atoms with Crippen molar-refractivity contribution in [3.63, 3.8) is 0 Å². The van der Waals surface area contributed by atoms with Crippen LogP contribution in [0.1, 0.15) is 47.5 Å². The molecule has 1 atom stereocenters. The van der Waals surface area contributed by atoms with Crippen molar-refractivity contribution in [2.24, 2.45) is 0 Å². The lowest BCUT2D eigenvalue weighted by Crippen LogP contribution is -2.49. The van der Waals surface area contributed by atoms with E-state index in [2.05, 4.69) is 39.5 Å². The van der Waals surface area contributed by atoms with Crippen molar-refractivity contribution >= 4 is 0 Å². The molecule has 0 amide bonds. The molecule has 1 rings (SSSR count). The zero-order valence-electron chi connectivity index (χ0n) is 10.3. The molecule has 1 saturated heterocycles. The van der Waals surface area contributed by atoms with Crippen molar-refractivity contribution in [2.75, 3.05) is 13.1 Å². The summed E-state index contributed by atoms with van der Waals surface area (Å²) in [4.78, 5) is 2.53. The molecule has 0 aromatic carbocycles. The van der Waals surface area contributed by atoms with Crippen molar-refractivity contribution in [3.05, 3.63) is 0 Å². The van der Waals surface area contributed by atoms with E-state index in [0.29, 0.717) is 17.7 Å². The summed E-state index contributed by atoms with van der Waals surface area (Å²) in [6.07, 6.45) is 3.31. The highest BCUT2D eigenvalue weighted by atomic mass is 16.5. The number of rotatable bonds is 2. The predicted octanol–water partition coefficient (Wildman–Crippen LogP) is 2.67. The molecule has 1 aliphatic heterocycles. The van der Waals surface area contributed by atoms with Crippen LogP contribution < -0.4 is 0 Å². The van der Waals surface area contributed by atoms with Crippen LogP contribution in [0.3, 0.4) is 0 Å². The van der Waals surface area contributed by atoms with Gasteiger partial charge >= 0.3 is 0 Å². The number of hydrogen-bond acceptors (Lipinski definition) is 2. The molecule has 1 fully saturated rings. The lowest BCUT2D eigenvalue weighted by atomic mass is 9.99. The molecule has 1 aliphatic rings. The fourth-order valence-corrected chi connectivity index (χ4v) is 2.04. The fraction of sp³-hybridized carbons (Fsp3) is 1.00. The number of nitrogens with zero attached hydrogens (tertiary/aromatic N) is 1. The predicted molar refractivity (Wildman–Crippen MR) is 60.6 cm³/mol. The quantitative estimate of drug-likeness (QED) is 0.678. The maximum atomic E-state index is 5.87. The molecular weight excluding hydrogens is 174 g/mol. The second-order valence-corrected chi connectivity index (χ2v) is 5.57. The molecule has 2 nitrogen and oxygen atoms in total. The number of likely N-dealkylation sites (tertiary alicyclic amines) is 1. The Morgan fingerprint density at radius 3 is 2.43 bits per heavy atom. The minimum absolute atomic E-state index is 0.291. The Morgan fingerprint density at radius 1 is 1.29 bits per heavy atom. The van der Waals surface area contributed by atoms with Crippen LogP contribution in [0.15, 0.2) is 0 Å². The number of piperidine rings is 1. The summed E-state index contributed by atoms with van der Waals surface area (Å²) in [5.41, 5.74) is 0.291. The number of hydrogen-bond donors (Lipinski definition) is 0. The van der Waals surface area contributed by atoms with Gasteiger partial charge in [-0.2, -0.15) is 0 Å². The van der Waals surface area contributed by atoms with Crippen LogP contribution in [0.2, 0.25) is 0 Å². The fourth-order valence-electron chi connectivity index (χ4n) is 2.04. The topological polar surface area (TPSA) is 12.5 Å². The van der Waals surface area contributed by atoms with Crippen LogP contribution >= 0.6 is 0 Å². The average Bonchev–Trinajstić information content (AvgIpc) is 2.01. The first-order valence-electron chi connectivity index (χ1n) is 5.80. The zero-order chi connectivity index (χ0) is 10.8. The minimum atomic E-state index is 0.291. The first-order chi connectivity index (χ1) is 6.39. The van der Waals surface area contributed by atoms with Gasteiger partial charge < -0.3 is 4.74 Å². The van der Waals surface area contributed by atoms with Crippen LogP contribution in [0.25, 0.3) is 0 Å². The van der Waals surface area contributed by atoms with E-state index in [1.807, 2.05) is 0 Å². The molecule has 84 valence electrons. The maximum absolute atomic E-state index is 5.87. The van der Waals surface area contributed by atoms with Crippen LogP contribution in [-0.4, -0.2) is 35.7 Å². The Labute approximate surface area is 88.6 Å². The van der Waals surface area contributed by atoms with Crippen LogP contribution in [0, 0.1) is 0 Å². The summed E-state index contributed by atoms with van der Waals surface area (Å²) >= 11 is 0. The Hall–Kier alpha value is -0.0800. The van der Waals surface area contributed by atoms with Gasteiger partial charge in [-0.15, -0.1) is 0 Å². The van der Waals surface area contributed by atoms with Crippen molar-refractivity contribution in [2.45, 2.75) is 65.2 Å². The lowest BCUT2D eigenvalue weighted by Gasteiger charge is -2.41. The maximum Gasteiger partial charge on any atom is 0.0706 e. The molecule has 0 spiro atoms. The lowest BCUT2D eigenvalue weighted by molar-refractivity contribution is -0.0519. The summed E-state index contributed by atoms with van der Waals surface area (Å²) in [6.45, 7) is 13.4. The molecule has 0 saturated carbocycles. The third-order valence-corrected chi connectivity index (χ3v) is 2.79. The largest absolute Gasteiger partial charge is 0.374 e. The van der Waals surface area contributed by atoms with Gasteiger partial charge in [0.1, 0.15) is 0 Å². The van der Waals surface area contributed by atoms with Gasteiger partial charge in [0.25, 0.3) is 0 Å². The second-order valence-electron chi connectivity index (χ2n) is 5.57. The Morgan fingerprint density at radius 2 is 1.93 bits per heavy atom. The second kappa shape index (κ2) is 4.63. The molecule has 0 aliphatic carbocycles. The van der Waals surface area contributed by atoms with Gasteiger partial charge in [-0.3, -0.25) is 4.90 Å². The number of ether oxygens (including phenoxy) is 1. The van der Waals surface area contributed by atoms with Crippen LogP contribution in [0.4, 0.5) is 0 Å². The highest BCUT2D eigenvalue weighted by Gasteiger charge is 2.28. The van der Waals surface area contributed by atoms with Crippen molar-refractivity contribution < 1.29 is 4.74 Å². The molecule has 0 aromatic rings. The highest BCUT2D eigenvalue weighted by Crippen LogP contribution is 2.22. The molecule has 1 unspecified atom stereocenters. The Balaban J connectivity index is 2.44. The van der Waals surface area contributed by atoms with Gasteiger partial charge in [0, 0.05) is 12.1 Å². The van der Waals surface area contributed by atoms with Gasteiger partial charge in [0.15, 0.2) is 0 Å². The summed E-state index contributed by atoms with van der Waals surface area (Å²) in [7, 11) is 0. The Kier molecular flexibility index (Phi) is 3.96. The smallest absolute Gasteiger partial charge is 0.0706 e. The molecule has 0 aromatic heterocycles. The van der Waals surface area contributed by atoms with Gasteiger partial charge in [-0.25, -0.2) is 0 Å². The molecule has 0 N–H and O–H groups in total. The molecule has 0 bridgehead atoms. The van der Waals surface area contributed by atoms with E-state index in [0.717, 1.165) is 6.54 Å². The molecule has 2 heteroatoms. The summed E-state index contributed by atoms with van der Waals surface area (Å²) < 4.78 is 5.87. The van der Waals surface area contributed by atoms with Gasteiger partial charge in [0.2, 0.25) is 0 Å². The third kappa shape index (κ3) is 3.58. The van der Waals surface area contributed by atoms with E-state index >= 15 is 0 Å². The van der Waals surface area contributed by atoms with E-state index in [1.165, 1.54) is 19.4 Å². The standard InChI is InChI=1S/C12H25NO/c1-10(2)14-11-7-6-8-13(9-11)12(3,4)5/h10-11H,6-9H2,1-5H3. The van der Waals surface area contributed by atoms with E-state index < -0.39 is 0 Å². The summed E-state index contributed by atoms with van der Waals surface area (Å²) in [5, 5.41) is 0. The normalized spacial score (nSPS) is 25.7. The average molecular weight is 199 g/mol. The molecule has 14 heavy (non-hydrogen) atoms. The third-order valence-electron chi connectivity index (χ3n) is 2.79. The van der Waals surface area contributed by atoms with Crippen LogP contribution in [-0.2, 0) is 4.74 Å². The first kappa shape index (κ1) is 12.0. The van der Waals surface area contributed by atoms with E-state index in [1.54, 1.807) is 0 Å². The van der Waals surface area contributed by atoms with Crippen molar-refractivity contribution in [1.82, 2.24) is 4.90 Å². The monoisotopic (exact) mass is 199 g/mol. The van der Waals surface area contributed by atoms with Gasteiger partial charge in [-0.05, 0) is 54.0 Å². The minimum Gasteiger partial charge on any atom is -0.374 e. The van der Waals surface area contributed by atoms with Gasteiger partial charge in [0.05, 0.1) is 12.2 Å². The first-order valence-corrected chi connectivity index (χ1v) is 5.80. The summed E-state index contributed by atoms with van der Waals surface area (Å²) in [6, 6.07) is 0. The zero-order valence-corrected chi connectivity index (χ0v) is 10.3. The van der Waals surface area contributed by atoms with Gasteiger partial charge in [-0.1, -0.05) is 0 Å². The Bertz CT molecular complexity index is 172.